The third kappa shape index (κ3) is 13.6. The zero-order valence-corrected chi connectivity index (χ0v) is 18.1. The molecule has 0 bridgehead atoms. The Morgan fingerprint density at radius 3 is 1.68 bits per heavy atom. The zero-order chi connectivity index (χ0) is 20.3. The highest BCUT2D eigenvalue weighted by Crippen LogP contribution is 2.17. The van der Waals surface area contributed by atoms with E-state index in [1.54, 1.807) is 12.1 Å². The van der Waals surface area contributed by atoms with Crippen LogP contribution in [0, 0.1) is 10.1 Å². The molecule has 1 aromatic carbocycles. The van der Waals surface area contributed by atoms with Crippen LogP contribution in [-0.4, -0.2) is 11.5 Å². The van der Waals surface area contributed by atoms with Gasteiger partial charge in [0, 0.05) is 24.4 Å². The molecular weight excluding hydrogens is 348 g/mol. The van der Waals surface area contributed by atoms with Crippen molar-refractivity contribution in [2.45, 2.75) is 110 Å². The van der Waals surface area contributed by atoms with Gasteiger partial charge in [-0.1, -0.05) is 109 Å². The van der Waals surface area contributed by atoms with Gasteiger partial charge in [0.25, 0.3) is 5.69 Å². The van der Waals surface area contributed by atoms with Gasteiger partial charge in [-0.3, -0.25) is 10.1 Å². The van der Waals surface area contributed by atoms with Crippen molar-refractivity contribution < 1.29 is 4.92 Å². The molecule has 1 aromatic rings. The zero-order valence-electron chi connectivity index (χ0n) is 18.1. The molecular formula is C24H42N2O2. The number of unbranched alkanes of at least 4 members (excludes halogenated alkanes) is 15. The lowest BCUT2D eigenvalue weighted by molar-refractivity contribution is -0.384. The molecule has 0 radical (unpaired) electrons. The molecule has 0 fully saturated rings. The van der Waals surface area contributed by atoms with Gasteiger partial charge in [0.05, 0.1) is 4.92 Å². The van der Waals surface area contributed by atoms with E-state index < -0.39 is 0 Å². The highest BCUT2D eigenvalue weighted by molar-refractivity contribution is 5.50. The Balaban J connectivity index is 1.81. The molecule has 0 unspecified atom stereocenters. The van der Waals surface area contributed by atoms with Gasteiger partial charge in [0.1, 0.15) is 0 Å². The predicted molar refractivity (Wildman–Crippen MR) is 121 cm³/mol. The van der Waals surface area contributed by atoms with Crippen LogP contribution in [0.1, 0.15) is 110 Å². The van der Waals surface area contributed by atoms with E-state index in [4.69, 9.17) is 0 Å². The maximum absolute atomic E-state index is 10.8. The molecule has 160 valence electrons. The fourth-order valence-electron chi connectivity index (χ4n) is 3.64. The van der Waals surface area contributed by atoms with E-state index in [0.29, 0.717) is 0 Å². The lowest BCUT2D eigenvalue weighted by Gasteiger charge is -2.06. The van der Waals surface area contributed by atoms with Gasteiger partial charge < -0.3 is 5.32 Å². The predicted octanol–water partition coefficient (Wildman–Crippen LogP) is 8.27. The van der Waals surface area contributed by atoms with Crippen molar-refractivity contribution >= 4 is 11.4 Å². The molecule has 0 amide bonds. The Bertz CT molecular complexity index is 505. The summed E-state index contributed by atoms with van der Waals surface area (Å²) in [5.41, 5.74) is 0.993. The van der Waals surface area contributed by atoms with Crippen molar-refractivity contribution in [3.8, 4) is 0 Å². The monoisotopic (exact) mass is 390 g/mol. The van der Waals surface area contributed by atoms with Crippen LogP contribution in [0.4, 0.5) is 11.4 Å². The summed E-state index contributed by atoms with van der Waals surface area (Å²) in [4.78, 5) is 10.4. The second kappa shape index (κ2) is 17.5. The second-order valence-electron chi connectivity index (χ2n) is 8.04. The van der Waals surface area contributed by atoms with E-state index in [1.807, 2.05) is 6.07 Å². The summed E-state index contributed by atoms with van der Waals surface area (Å²) in [6.45, 7) is 3.17. The number of nitrogens with one attached hydrogen (secondary N) is 1. The highest BCUT2D eigenvalue weighted by Gasteiger charge is 2.04. The Labute approximate surface area is 172 Å². The van der Waals surface area contributed by atoms with E-state index in [2.05, 4.69) is 12.2 Å². The van der Waals surface area contributed by atoms with Crippen LogP contribution in [0.15, 0.2) is 24.3 Å². The van der Waals surface area contributed by atoms with Crippen LogP contribution in [0.5, 0.6) is 0 Å². The molecule has 0 saturated heterocycles. The van der Waals surface area contributed by atoms with Crippen LogP contribution in [-0.2, 0) is 0 Å². The van der Waals surface area contributed by atoms with Crippen molar-refractivity contribution in [1.82, 2.24) is 0 Å². The first kappa shape index (κ1) is 24.5. The molecule has 4 heteroatoms. The van der Waals surface area contributed by atoms with Crippen molar-refractivity contribution in [3.63, 3.8) is 0 Å². The third-order valence-corrected chi connectivity index (χ3v) is 5.42. The van der Waals surface area contributed by atoms with Crippen molar-refractivity contribution in [2.24, 2.45) is 0 Å². The van der Waals surface area contributed by atoms with Crippen LogP contribution in [0.3, 0.4) is 0 Å². The lowest BCUT2D eigenvalue weighted by Crippen LogP contribution is -2.01. The number of hydrogen-bond donors (Lipinski definition) is 1. The molecule has 1 N–H and O–H groups in total. The second-order valence-corrected chi connectivity index (χ2v) is 8.04. The average molecular weight is 391 g/mol. The van der Waals surface area contributed by atoms with Crippen LogP contribution >= 0.6 is 0 Å². The first-order valence-corrected chi connectivity index (χ1v) is 11.7. The summed E-state index contributed by atoms with van der Waals surface area (Å²) in [5.74, 6) is 0. The van der Waals surface area contributed by atoms with Crippen molar-refractivity contribution in [1.29, 1.82) is 0 Å². The normalized spacial score (nSPS) is 10.9. The van der Waals surface area contributed by atoms with Crippen LogP contribution in [0.25, 0.3) is 0 Å². The van der Waals surface area contributed by atoms with Crippen LogP contribution < -0.4 is 5.32 Å². The number of rotatable bonds is 19. The number of non-ortho nitro benzene ring substituents is 1. The summed E-state index contributed by atoms with van der Waals surface area (Å²) < 4.78 is 0. The highest BCUT2D eigenvalue weighted by atomic mass is 16.6. The number of benzene rings is 1. The summed E-state index contributed by atoms with van der Waals surface area (Å²) >= 11 is 0. The molecule has 1 rings (SSSR count). The average Bonchev–Trinajstić information content (AvgIpc) is 2.70. The Hall–Kier alpha value is -1.58. The fourth-order valence-corrected chi connectivity index (χ4v) is 3.64. The Kier molecular flexibility index (Phi) is 15.3. The molecule has 0 aliphatic carbocycles. The van der Waals surface area contributed by atoms with Gasteiger partial charge in [-0.2, -0.15) is 0 Å². The standard InChI is InChI=1S/C24H42N2O2/c1-2-3-4-5-6-7-8-9-10-11-12-13-14-15-16-17-21-25-23-19-18-20-24(22-23)26(27)28/h18-20,22,25H,2-17,21H2,1H3. The number of nitro groups is 1. The molecule has 0 aliphatic heterocycles. The Morgan fingerprint density at radius 2 is 1.21 bits per heavy atom. The number of hydrogen-bond acceptors (Lipinski definition) is 3. The summed E-state index contributed by atoms with van der Waals surface area (Å²) in [6, 6.07) is 6.75. The summed E-state index contributed by atoms with van der Waals surface area (Å²) in [7, 11) is 0. The SMILES string of the molecule is CCCCCCCCCCCCCCCCCCNc1cccc([N+](=O)[O-])c1. The van der Waals surface area contributed by atoms with Crippen molar-refractivity contribution in [2.75, 3.05) is 11.9 Å². The quantitative estimate of drug-likeness (QED) is 0.147. The molecule has 0 aliphatic rings. The first-order chi connectivity index (χ1) is 13.7. The largest absolute Gasteiger partial charge is 0.385 e. The lowest BCUT2D eigenvalue weighted by atomic mass is 10.0. The van der Waals surface area contributed by atoms with Gasteiger partial charge >= 0.3 is 0 Å². The maximum Gasteiger partial charge on any atom is 0.271 e. The topological polar surface area (TPSA) is 55.2 Å². The molecule has 0 atom stereocenters. The Morgan fingerprint density at radius 1 is 0.750 bits per heavy atom. The molecule has 0 spiro atoms. The van der Waals surface area contributed by atoms with E-state index in [9.17, 15) is 10.1 Å². The minimum absolute atomic E-state index is 0.150. The maximum atomic E-state index is 10.8. The molecule has 0 heterocycles. The van der Waals surface area contributed by atoms with E-state index >= 15 is 0 Å². The van der Waals surface area contributed by atoms with Crippen LogP contribution in [0.2, 0.25) is 0 Å². The van der Waals surface area contributed by atoms with Crippen molar-refractivity contribution in [3.05, 3.63) is 34.4 Å². The van der Waals surface area contributed by atoms with E-state index in [0.717, 1.165) is 18.7 Å². The summed E-state index contributed by atoms with van der Waals surface area (Å²) in [6.07, 6.45) is 22.0. The fraction of sp³-hybridized carbons (Fsp3) is 0.750. The minimum atomic E-state index is -0.347. The first-order valence-electron chi connectivity index (χ1n) is 11.7. The third-order valence-electron chi connectivity index (χ3n) is 5.42. The molecule has 28 heavy (non-hydrogen) atoms. The van der Waals surface area contributed by atoms with Gasteiger partial charge in [-0.05, 0) is 12.5 Å². The van der Waals surface area contributed by atoms with Gasteiger partial charge in [0.15, 0.2) is 0 Å². The number of nitro benzene ring substituents is 1. The molecule has 0 aromatic heterocycles. The van der Waals surface area contributed by atoms with E-state index in [-0.39, 0.29) is 10.6 Å². The van der Waals surface area contributed by atoms with E-state index in [1.165, 1.54) is 102 Å². The smallest absolute Gasteiger partial charge is 0.271 e. The van der Waals surface area contributed by atoms with Gasteiger partial charge in [-0.25, -0.2) is 0 Å². The number of nitrogens with zero attached hydrogens (tertiary/aromatic N) is 1. The number of anilines is 1. The molecule has 4 nitrogen and oxygen atoms in total. The molecule has 0 saturated carbocycles. The summed E-state index contributed by atoms with van der Waals surface area (Å²) in [5, 5.41) is 14.0. The minimum Gasteiger partial charge on any atom is -0.385 e. The van der Waals surface area contributed by atoms with Gasteiger partial charge in [-0.15, -0.1) is 0 Å². The van der Waals surface area contributed by atoms with Gasteiger partial charge in [0.2, 0.25) is 0 Å².